The molecule has 0 atom stereocenters. The fraction of sp³-hybridized carbons (Fsp3) is 0.286. The first-order valence-corrected chi connectivity index (χ1v) is 6.43. The molecule has 0 aliphatic carbocycles. The third-order valence-corrected chi connectivity index (χ3v) is 2.87. The van der Waals surface area contributed by atoms with Crippen molar-refractivity contribution in [2.45, 2.75) is 20.3 Å². The van der Waals surface area contributed by atoms with E-state index in [4.69, 9.17) is 11.6 Å². The number of hydrogen-bond acceptors (Lipinski definition) is 3. The number of halogens is 1. The van der Waals surface area contributed by atoms with Gasteiger partial charge in [0.1, 0.15) is 11.6 Å². The predicted octanol–water partition coefficient (Wildman–Crippen LogP) is 3.93. The molecular formula is C14H16ClN3. The summed E-state index contributed by atoms with van der Waals surface area (Å²) in [7, 11) is 0. The second-order valence-corrected chi connectivity index (χ2v) is 4.50. The van der Waals surface area contributed by atoms with E-state index in [2.05, 4.69) is 22.2 Å². The van der Waals surface area contributed by atoms with Gasteiger partial charge in [-0.15, -0.1) is 0 Å². The van der Waals surface area contributed by atoms with Crippen LogP contribution in [0.15, 0.2) is 30.3 Å². The van der Waals surface area contributed by atoms with Crippen LogP contribution in [0.1, 0.15) is 19.2 Å². The van der Waals surface area contributed by atoms with Crippen LogP contribution in [0.4, 0.5) is 5.82 Å². The van der Waals surface area contributed by atoms with Gasteiger partial charge in [-0.1, -0.05) is 36.7 Å². The van der Waals surface area contributed by atoms with Crippen molar-refractivity contribution in [1.29, 1.82) is 0 Å². The largest absolute Gasteiger partial charge is 0.370 e. The molecular weight excluding hydrogens is 246 g/mol. The predicted molar refractivity (Wildman–Crippen MR) is 76.0 cm³/mol. The van der Waals surface area contributed by atoms with Crippen LogP contribution in [0, 0.1) is 6.92 Å². The summed E-state index contributed by atoms with van der Waals surface area (Å²) >= 11 is 6.19. The minimum atomic E-state index is 0.706. The first-order valence-electron chi connectivity index (χ1n) is 6.05. The standard InChI is InChI=1S/C14H16ClN3/c1-3-8-16-14-9-13(17-10(2)18-14)11-6-4-5-7-12(11)15/h4-7,9H,3,8H2,1-2H3,(H,16,17,18). The van der Waals surface area contributed by atoms with Gasteiger partial charge < -0.3 is 5.32 Å². The second kappa shape index (κ2) is 5.83. The van der Waals surface area contributed by atoms with Crippen LogP contribution in [-0.4, -0.2) is 16.5 Å². The maximum absolute atomic E-state index is 6.19. The van der Waals surface area contributed by atoms with Gasteiger partial charge in [0.2, 0.25) is 0 Å². The van der Waals surface area contributed by atoms with E-state index < -0.39 is 0 Å². The highest BCUT2D eigenvalue weighted by molar-refractivity contribution is 6.33. The van der Waals surface area contributed by atoms with Crippen molar-refractivity contribution in [2.24, 2.45) is 0 Å². The highest BCUT2D eigenvalue weighted by Gasteiger charge is 2.07. The molecule has 2 aromatic rings. The molecule has 1 aromatic carbocycles. The van der Waals surface area contributed by atoms with Crippen LogP contribution < -0.4 is 5.32 Å². The second-order valence-electron chi connectivity index (χ2n) is 4.09. The van der Waals surface area contributed by atoms with Gasteiger partial charge in [0.05, 0.1) is 5.69 Å². The Labute approximate surface area is 112 Å². The molecule has 94 valence electrons. The van der Waals surface area contributed by atoms with E-state index in [1.807, 2.05) is 37.3 Å². The third kappa shape index (κ3) is 2.99. The summed E-state index contributed by atoms with van der Waals surface area (Å²) in [5, 5.41) is 3.98. The molecule has 0 bridgehead atoms. The molecule has 1 heterocycles. The summed E-state index contributed by atoms with van der Waals surface area (Å²) < 4.78 is 0. The molecule has 0 aliphatic heterocycles. The first kappa shape index (κ1) is 12.8. The van der Waals surface area contributed by atoms with E-state index in [0.717, 1.165) is 35.9 Å². The Morgan fingerprint density at radius 2 is 2.00 bits per heavy atom. The molecule has 18 heavy (non-hydrogen) atoms. The fourth-order valence-electron chi connectivity index (χ4n) is 1.72. The highest BCUT2D eigenvalue weighted by atomic mass is 35.5. The van der Waals surface area contributed by atoms with Crippen LogP contribution in [0.25, 0.3) is 11.3 Å². The number of aryl methyl sites for hydroxylation is 1. The van der Waals surface area contributed by atoms with E-state index in [9.17, 15) is 0 Å². The molecule has 0 radical (unpaired) electrons. The van der Waals surface area contributed by atoms with E-state index in [1.165, 1.54) is 0 Å². The SMILES string of the molecule is CCCNc1cc(-c2ccccc2Cl)nc(C)n1. The maximum atomic E-state index is 6.19. The summed E-state index contributed by atoms with van der Waals surface area (Å²) in [6.07, 6.45) is 1.06. The zero-order valence-corrected chi connectivity index (χ0v) is 11.3. The van der Waals surface area contributed by atoms with Crippen LogP contribution >= 0.6 is 11.6 Å². The summed E-state index contributed by atoms with van der Waals surface area (Å²) in [5.41, 5.74) is 1.79. The van der Waals surface area contributed by atoms with E-state index in [1.54, 1.807) is 0 Å². The lowest BCUT2D eigenvalue weighted by molar-refractivity contribution is 0.955. The van der Waals surface area contributed by atoms with Crippen LogP contribution in [0.5, 0.6) is 0 Å². The Balaban J connectivity index is 2.39. The molecule has 0 saturated carbocycles. The van der Waals surface area contributed by atoms with E-state index in [0.29, 0.717) is 5.02 Å². The lowest BCUT2D eigenvalue weighted by atomic mass is 10.1. The Morgan fingerprint density at radius 3 is 2.72 bits per heavy atom. The summed E-state index contributed by atoms with van der Waals surface area (Å²) in [6.45, 7) is 4.91. The molecule has 0 spiro atoms. The number of nitrogens with one attached hydrogen (secondary N) is 1. The van der Waals surface area contributed by atoms with Gasteiger partial charge in [-0.05, 0) is 19.4 Å². The average Bonchev–Trinajstić information content (AvgIpc) is 2.36. The quantitative estimate of drug-likeness (QED) is 0.906. The fourth-order valence-corrected chi connectivity index (χ4v) is 1.95. The lowest BCUT2D eigenvalue weighted by Crippen LogP contribution is -2.04. The Hall–Kier alpha value is -1.61. The van der Waals surface area contributed by atoms with Gasteiger partial charge in [0.15, 0.2) is 0 Å². The average molecular weight is 262 g/mol. The molecule has 1 N–H and O–H groups in total. The number of rotatable bonds is 4. The summed E-state index contributed by atoms with van der Waals surface area (Å²) in [5.74, 6) is 1.59. The Kier molecular flexibility index (Phi) is 4.15. The normalized spacial score (nSPS) is 10.4. The minimum absolute atomic E-state index is 0.706. The van der Waals surface area contributed by atoms with Crippen molar-refractivity contribution in [3.63, 3.8) is 0 Å². The number of benzene rings is 1. The molecule has 0 aliphatic rings. The van der Waals surface area contributed by atoms with Crippen molar-refractivity contribution in [3.8, 4) is 11.3 Å². The minimum Gasteiger partial charge on any atom is -0.370 e. The molecule has 0 amide bonds. The Morgan fingerprint density at radius 1 is 1.22 bits per heavy atom. The smallest absolute Gasteiger partial charge is 0.130 e. The van der Waals surface area contributed by atoms with E-state index in [-0.39, 0.29) is 0 Å². The molecule has 1 aromatic heterocycles. The number of hydrogen-bond donors (Lipinski definition) is 1. The third-order valence-electron chi connectivity index (χ3n) is 2.54. The molecule has 0 saturated heterocycles. The van der Waals surface area contributed by atoms with E-state index >= 15 is 0 Å². The summed E-state index contributed by atoms with van der Waals surface area (Å²) in [6, 6.07) is 9.64. The number of nitrogens with zero attached hydrogens (tertiary/aromatic N) is 2. The van der Waals surface area contributed by atoms with Gasteiger partial charge in [-0.25, -0.2) is 9.97 Å². The van der Waals surface area contributed by atoms with Gasteiger partial charge in [0.25, 0.3) is 0 Å². The van der Waals surface area contributed by atoms with Crippen molar-refractivity contribution in [3.05, 3.63) is 41.2 Å². The molecule has 0 fully saturated rings. The molecule has 2 rings (SSSR count). The van der Waals surface area contributed by atoms with Crippen LogP contribution in [-0.2, 0) is 0 Å². The van der Waals surface area contributed by atoms with Gasteiger partial charge in [0, 0.05) is 23.2 Å². The van der Waals surface area contributed by atoms with Crippen LogP contribution in [0.3, 0.4) is 0 Å². The van der Waals surface area contributed by atoms with Crippen molar-refractivity contribution < 1.29 is 0 Å². The van der Waals surface area contributed by atoms with Crippen molar-refractivity contribution >= 4 is 17.4 Å². The monoisotopic (exact) mass is 261 g/mol. The first-order chi connectivity index (χ1) is 8.70. The maximum Gasteiger partial charge on any atom is 0.130 e. The van der Waals surface area contributed by atoms with Gasteiger partial charge >= 0.3 is 0 Å². The molecule has 3 nitrogen and oxygen atoms in total. The lowest BCUT2D eigenvalue weighted by Gasteiger charge is -2.08. The van der Waals surface area contributed by atoms with Crippen molar-refractivity contribution in [1.82, 2.24) is 9.97 Å². The summed E-state index contributed by atoms with van der Waals surface area (Å²) in [4.78, 5) is 8.80. The van der Waals surface area contributed by atoms with Gasteiger partial charge in [-0.2, -0.15) is 0 Å². The molecule has 0 unspecified atom stereocenters. The topological polar surface area (TPSA) is 37.8 Å². The number of aromatic nitrogens is 2. The highest BCUT2D eigenvalue weighted by Crippen LogP contribution is 2.27. The van der Waals surface area contributed by atoms with Gasteiger partial charge in [-0.3, -0.25) is 0 Å². The number of anilines is 1. The zero-order valence-electron chi connectivity index (χ0n) is 10.6. The molecule has 4 heteroatoms. The Bertz CT molecular complexity index is 540. The van der Waals surface area contributed by atoms with Crippen LogP contribution in [0.2, 0.25) is 5.02 Å². The van der Waals surface area contributed by atoms with Crippen molar-refractivity contribution in [2.75, 3.05) is 11.9 Å². The zero-order chi connectivity index (χ0) is 13.0.